The maximum Gasteiger partial charge on any atom is 0.326 e. The van der Waals surface area contributed by atoms with Gasteiger partial charge in [-0.25, -0.2) is 9.78 Å². The number of aliphatic hydroxyl groups is 1. The summed E-state index contributed by atoms with van der Waals surface area (Å²) in [7, 11) is 0. The number of carboxylic acid groups (broad SMARTS) is 2. The molecule has 35 heteroatoms. The van der Waals surface area contributed by atoms with Crippen molar-refractivity contribution in [1.29, 1.82) is 0 Å². The molecule has 0 aliphatic heterocycles. The highest BCUT2D eigenvalue weighted by Gasteiger charge is 2.38. The first-order valence-corrected chi connectivity index (χ1v) is 31.6. The van der Waals surface area contributed by atoms with E-state index in [-0.39, 0.29) is 75.7 Å². The standard InChI is InChI=1S/C56H98N18O16S/c1-9-29(5)43(54(88)74-44(55(89)90)30(6)10-2)73-49(83)35(16-17-42(77)78)67-48(82)36(18-21-91-8)68-50(84)37(22-28(3)4)70-47(81)33(14-11-12-19-57)65-46(80)34(15-13-20-63-56(60)61)66-52(86)39(24-41(59)76)71-53(87)40(26-75)72-51(85)38(69-45(79)31(7)58)23-32-25-62-27-64-32/h25,27-31,33-40,43-44,75H,9-24,26,57-58H2,1-8H3,(H2,59,76)(H,62,64)(H,65,80)(H,66,86)(H,67,82)(H,68,84)(H,69,79)(H,70,81)(H,71,87)(H,72,85)(H,73,83)(H,74,88)(H,77,78)(H,89,90)(H4,60,61,63)/t29-,30-,31-,33-,34-,35-,36-,37-,38-,39-,40-,43-,44-/m0/s1. The van der Waals surface area contributed by atoms with Crippen LogP contribution in [0.25, 0.3) is 0 Å². The van der Waals surface area contributed by atoms with Gasteiger partial charge in [-0.2, -0.15) is 11.8 Å². The number of thioether (sulfide) groups is 1. The molecule has 1 aromatic heterocycles. The molecule has 1 rings (SSSR count). The lowest BCUT2D eigenvalue weighted by atomic mass is 9.95. The van der Waals surface area contributed by atoms with Gasteiger partial charge in [0.15, 0.2) is 5.96 Å². The number of guanidine groups is 1. The van der Waals surface area contributed by atoms with Crippen LogP contribution in [0.4, 0.5) is 0 Å². The van der Waals surface area contributed by atoms with Crippen LogP contribution in [-0.4, -0.2) is 206 Å². The Kier molecular flexibility index (Phi) is 38.0. The quantitative estimate of drug-likeness (QED) is 0.0165. The first-order chi connectivity index (χ1) is 42.8. The van der Waals surface area contributed by atoms with Crippen molar-refractivity contribution in [1.82, 2.24) is 63.1 Å². The first-order valence-electron chi connectivity index (χ1n) is 30.2. The second-order valence-corrected chi connectivity index (χ2v) is 23.6. The van der Waals surface area contributed by atoms with E-state index in [2.05, 4.69) is 68.1 Å². The zero-order valence-electron chi connectivity index (χ0n) is 53.1. The maximum absolute atomic E-state index is 14.5. The predicted molar refractivity (Wildman–Crippen MR) is 335 cm³/mol. The van der Waals surface area contributed by atoms with Crippen LogP contribution >= 0.6 is 11.8 Å². The van der Waals surface area contributed by atoms with Crippen LogP contribution in [0.5, 0.6) is 0 Å². The molecule has 0 saturated carbocycles. The van der Waals surface area contributed by atoms with E-state index in [1.807, 2.05) is 0 Å². The number of primary amides is 1. The molecule has 13 atom stereocenters. The van der Waals surface area contributed by atoms with Crippen LogP contribution in [0.15, 0.2) is 17.5 Å². The number of nitrogens with one attached hydrogen (secondary N) is 11. The van der Waals surface area contributed by atoms with E-state index in [1.54, 1.807) is 47.8 Å². The topological polar surface area (TPSA) is 574 Å². The number of unbranched alkanes of at least 4 members (excludes halogenated alkanes) is 1. The van der Waals surface area contributed by atoms with Crippen molar-refractivity contribution in [3.8, 4) is 0 Å². The lowest BCUT2D eigenvalue weighted by molar-refractivity contribution is -0.144. The minimum atomic E-state index is -1.86. The molecular weight excluding hydrogens is 1210 g/mol. The molecule has 0 unspecified atom stereocenters. The number of amides is 11. The number of carbonyl (C=O) groups is 13. The summed E-state index contributed by atoms with van der Waals surface area (Å²) in [6, 6.07) is -16.1. The Morgan fingerprint density at radius 2 is 1.02 bits per heavy atom. The zero-order chi connectivity index (χ0) is 69.1. The number of nitrogens with two attached hydrogens (primary N) is 5. The van der Waals surface area contributed by atoms with E-state index in [4.69, 9.17) is 28.7 Å². The highest BCUT2D eigenvalue weighted by atomic mass is 32.2. The van der Waals surface area contributed by atoms with E-state index < -0.39 is 181 Å². The van der Waals surface area contributed by atoms with E-state index in [1.165, 1.54) is 31.2 Å². The number of nitrogens with zero attached hydrogens (tertiary/aromatic N) is 2. The number of aliphatic hydroxyl groups excluding tert-OH is 1. The van der Waals surface area contributed by atoms with E-state index in [0.717, 1.165) is 0 Å². The van der Waals surface area contributed by atoms with E-state index in [9.17, 15) is 77.6 Å². The van der Waals surface area contributed by atoms with Gasteiger partial charge < -0.3 is 102 Å². The van der Waals surface area contributed by atoms with Gasteiger partial charge in [0.25, 0.3) is 0 Å². The van der Waals surface area contributed by atoms with Crippen LogP contribution < -0.4 is 81.8 Å². The monoisotopic (exact) mass is 1310 g/mol. The maximum atomic E-state index is 14.5. The number of carboxylic acids is 2. The number of aliphatic imine (C=N–C) groups is 1. The number of aliphatic carboxylic acids is 2. The van der Waals surface area contributed by atoms with Gasteiger partial charge in [0.1, 0.15) is 60.4 Å². The van der Waals surface area contributed by atoms with Crippen molar-refractivity contribution in [2.75, 3.05) is 31.7 Å². The molecule has 0 saturated heterocycles. The fraction of sp³-hybridized carbons (Fsp3) is 0.696. The summed E-state index contributed by atoms with van der Waals surface area (Å²) in [5.41, 5.74) is 28.4. The van der Waals surface area contributed by atoms with Gasteiger partial charge in [-0.05, 0) is 94.6 Å². The minimum Gasteiger partial charge on any atom is -0.481 e. The Hall–Kier alpha value is -8.18. The Balaban J connectivity index is 3.65. The average Bonchev–Trinajstić information content (AvgIpc) is 1.52. The number of hydrogen-bond donors (Lipinski definition) is 19. The number of imidazole rings is 1. The SMILES string of the molecule is CC[C@H](C)[C@H](NC(=O)[C@@H](NC(=O)[C@H](CCC(=O)O)NC(=O)[C@H](CCSC)NC(=O)[C@H](CC(C)C)NC(=O)[C@H](CCCCN)NC(=O)[C@H](CCCN=C(N)N)NC(=O)[C@H](CC(N)=O)NC(=O)[C@H](CO)NC(=O)[C@H](Cc1cnc[nH]1)NC(=O)[C@H](C)N)[C@@H](C)CC)C(=O)O. The van der Waals surface area contributed by atoms with Gasteiger partial charge in [0.2, 0.25) is 65.0 Å². The Morgan fingerprint density at radius 3 is 1.49 bits per heavy atom. The molecule has 24 N–H and O–H groups in total. The number of aromatic nitrogens is 2. The average molecular weight is 1310 g/mol. The number of hydrogen-bond acceptors (Lipinski definition) is 19. The fourth-order valence-electron chi connectivity index (χ4n) is 8.80. The van der Waals surface area contributed by atoms with Gasteiger partial charge in [0, 0.05) is 31.3 Å². The molecular formula is C56H98N18O16S. The smallest absolute Gasteiger partial charge is 0.326 e. The van der Waals surface area contributed by atoms with Gasteiger partial charge in [-0.15, -0.1) is 0 Å². The largest absolute Gasteiger partial charge is 0.481 e. The highest BCUT2D eigenvalue weighted by molar-refractivity contribution is 7.98. The Labute approximate surface area is 533 Å². The molecule has 34 nitrogen and oxygen atoms in total. The van der Waals surface area contributed by atoms with E-state index in [0.29, 0.717) is 25.0 Å². The summed E-state index contributed by atoms with van der Waals surface area (Å²) in [4.78, 5) is 186. The Bertz CT molecular complexity index is 2590. The summed E-state index contributed by atoms with van der Waals surface area (Å²) < 4.78 is 0. The van der Waals surface area contributed by atoms with Gasteiger partial charge in [-0.3, -0.25) is 62.5 Å². The lowest BCUT2D eigenvalue weighted by Gasteiger charge is -2.30. The van der Waals surface area contributed by atoms with E-state index >= 15 is 0 Å². The van der Waals surface area contributed by atoms with Crippen LogP contribution in [-0.2, 0) is 68.7 Å². The van der Waals surface area contributed by atoms with Crippen molar-refractivity contribution in [3.05, 3.63) is 18.2 Å². The molecule has 0 aromatic carbocycles. The number of rotatable bonds is 46. The van der Waals surface area contributed by atoms with Crippen molar-refractivity contribution >= 4 is 94.6 Å². The second-order valence-electron chi connectivity index (χ2n) is 22.6. The van der Waals surface area contributed by atoms with Crippen LogP contribution in [0, 0.1) is 17.8 Å². The third-order valence-electron chi connectivity index (χ3n) is 14.5. The number of H-pyrrole nitrogens is 1. The fourth-order valence-corrected chi connectivity index (χ4v) is 9.27. The third kappa shape index (κ3) is 30.9. The first kappa shape index (κ1) is 80.8. The molecule has 0 radical (unpaired) electrons. The van der Waals surface area contributed by atoms with Crippen molar-refractivity contribution in [2.45, 2.75) is 198 Å². The zero-order valence-corrected chi connectivity index (χ0v) is 53.9. The van der Waals surface area contributed by atoms with Crippen molar-refractivity contribution in [3.63, 3.8) is 0 Å². The number of carbonyl (C=O) groups excluding carboxylic acids is 11. The molecule has 91 heavy (non-hydrogen) atoms. The van der Waals surface area contributed by atoms with Gasteiger partial charge in [-0.1, -0.05) is 54.4 Å². The summed E-state index contributed by atoms with van der Waals surface area (Å²) in [6.07, 6.45) is 3.25. The van der Waals surface area contributed by atoms with Crippen molar-refractivity contribution in [2.24, 2.45) is 51.4 Å². The van der Waals surface area contributed by atoms with Gasteiger partial charge in [0.05, 0.1) is 25.4 Å². The molecule has 0 spiro atoms. The normalized spacial score (nSPS) is 15.4. The van der Waals surface area contributed by atoms with Crippen molar-refractivity contribution < 1.29 is 77.6 Å². The summed E-state index contributed by atoms with van der Waals surface area (Å²) >= 11 is 1.30. The lowest BCUT2D eigenvalue weighted by Crippen LogP contribution is -2.61. The third-order valence-corrected chi connectivity index (χ3v) is 15.1. The van der Waals surface area contributed by atoms with Gasteiger partial charge >= 0.3 is 11.9 Å². The molecule has 514 valence electrons. The molecule has 0 aliphatic carbocycles. The molecule has 1 heterocycles. The summed E-state index contributed by atoms with van der Waals surface area (Å²) in [5, 5.41) is 54.7. The molecule has 11 amide bonds. The summed E-state index contributed by atoms with van der Waals surface area (Å²) in [5.74, 6) is -14.7. The molecule has 1 aromatic rings. The minimum absolute atomic E-state index is 0.0150. The molecule has 0 bridgehead atoms. The van der Waals surface area contributed by atoms with Crippen LogP contribution in [0.1, 0.15) is 131 Å². The predicted octanol–water partition coefficient (Wildman–Crippen LogP) is -4.96. The second kappa shape index (κ2) is 42.7. The molecule has 0 fully saturated rings. The Morgan fingerprint density at radius 1 is 0.571 bits per heavy atom. The molecule has 0 aliphatic rings. The van der Waals surface area contributed by atoms with Crippen LogP contribution in [0.2, 0.25) is 0 Å². The van der Waals surface area contributed by atoms with Crippen LogP contribution in [0.3, 0.4) is 0 Å². The summed E-state index contributed by atoms with van der Waals surface area (Å²) in [6.45, 7) is 10.6. The highest BCUT2D eigenvalue weighted by Crippen LogP contribution is 2.15. The number of aromatic amines is 1.